The summed E-state index contributed by atoms with van der Waals surface area (Å²) in [6, 6.07) is 13.2. The second-order valence-electron chi connectivity index (χ2n) is 5.92. The van der Waals surface area contributed by atoms with Gasteiger partial charge in [0.25, 0.3) is 11.1 Å². The first-order valence-corrected chi connectivity index (χ1v) is 9.55. The number of anilines is 1. The zero-order valence-corrected chi connectivity index (χ0v) is 15.9. The van der Waals surface area contributed by atoms with Gasteiger partial charge in [-0.15, -0.1) is 10.2 Å². The molecular formula is C19H15ClN4O2S. The van der Waals surface area contributed by atoms with Crippen LogP contribution >= 0.6 is 23.4 Å². The molecule has 0 radical (unpaired) electrons. The summed E-state index contributed by atoms with van der Waals surface area (Å²) in [5.41, 5.74) is 3.47. The van der Waals surface area contributed by atoms with Crippen LogP contribution in [0.25, 0.3) is 22.4 Å². The van der Waals surface area contributed by atoms with Gasteiger partial charge in [0.05, 0.1) is 11.3 Å². The van der Waals surface area contributed by atoms with Gasteiger partial charge in [-0.05, 0) is 30.7 Å². The van der Waals surface area contributed by atoms with E-state index in [1.807, 2.05) is 43.5 Å². The number of fused-ring (bicyclic) bond motifs is 1. The Morgan fingerprint density at radius 1 is 1.26 bits per heavy atom. The molecule has 0 fully saturated rings. The summed E-state index contributed by atoms with van der Waals surface area (Å²) in [5, 5.41) is 12.9. The molecular weight excluding hydrogens is 384 g/mol. The van der Waals surface area contributed by atoms with Crippen LogP contribution in [0.4, 0.5) is 5.69 Å². The molecule has 8 heteroatoms. The third kappa shape index (κ3) is 3.84. The number of nitrogens with zero attached hydrogens (tertiary/aromatic N) is 2. The fourth-order valence-electron chi connectivity index (χ4n) is 2.67. The lowest BCUT2D eigenvalue weighted by Crippen LogP contribution is -2.14. The van der Waals surface area contributed by atoms with Crippen molar-refractivity contribution in [2.45, 2.75) is 12.1 Å². The molecule has 136 valence electrons. The van der Waals surface area contributed by atoms with E-state index >= 15 is 0 Å². The molecule has 2 N–H and O–H groups in total. The van der Waals surface area contributed by atoms with E-state index < -0.39 is 0 Å². The molecule has 4 aromatic rings. The molecule has 6 nitrogen and oxygen atoms in total. The fourth-order valence-corrected chi connectivity index (χ4v) is 3.40. The van der Waals surface area contributed by atoms with Crippen LogP contribution in [0.2, 0.25) is 5.02 Å². The van der Waals surface area contributed by atoms with Crippen molar-refractivity contribution in [1.29, 1.82) is 0 Å². The van der Waals surface area contributed by atoms with Crippen molar-refractivity contribution in [1.82, 2.24) is 15.2 Å². The zero-order valence-electron chi connectivity index (χ0n) is 14.3. The molecule has 0 atom stereocenters. The highest BCUT2D eigenvalue weighted by molar-refractivity contribution is 7.99. The molecule has 2 heterocycles. The maximum Gasteiger partial charge on any atom is 0.277 e. The molecule has 0 aliphatic carbocycles. The minimum atomic E-state index is -0.169. The van der Waals surface area contributed by atoms with Crippen LogP contribution < -0.4 is 5.32 Å². The zero-order chi connectivity index (χ0) is 18.8. The third-order valence-electron chi connectivity index (χ3n) is 4.03. The van der Waals surface area contributed by atoms with E-state index in [0.29, 0.717) is 21.8 Å². The molecule has 2 aromatic heterocycles. The normalized spacial score (nSPS) is 11.0. The number of aromatic amines is 1. The lowest BCUT2D eigenvalue weighted by atomic mass is 10.2. The largest absolute Gasteiger partial charge is 0.411 e. The molecule has 2 aromatic carbocycles. The molecule has 4 rings (SSSR count). The highest BCUT2D eigenvalue weighted by atomic mass is 35.5. The van der Waals surface area contributed by atoms with Gasteiger partial charge in [0.15, 0.2) is 0 Å². The van der Waals surface area contributed by atoms with Crippen LogP contribution in [-0.2, 0) is 4.79 Å². The van der Waals surface area contributed by atoms with E-state index in [1.165, 1.54) is 11.8 Å². The van der Waals surface area contributed by atoms with Crippen molar-refractivity contribution in [2.24, 2.45) is 0 Å². The summed E-state index contributed by atoms with van der Waals surface area (Å²) in [6.45, 7) is 1.91. The number of hydrogen-bond donors (Lipinski definition) is 2. The SMILES string of the molecule is Cc1ccc(Cl)cc1NC(=O)CSc1nnc(-c2c[nH]c3ccccc23)o1. The first-order valence-electron chi connectivity index (χ1n) is 8.19. The Balaban J connectivity index is 1.42. The number of H-pyrrole nitrogens is 1. The van der Waals surface area contributed by atoms with Gasteiger partial charge in [-0.3, -0.25) is 4.79 Å². The molecule has 27 heavy (non-hydrogen) atoms. The molecule has 0 spiro atoms. The number of carbonyl (C=O) groups excluding carboxylic acids is 1. The minimum absolute atomic E-state index is 0.154. The van der Waals surface area contributed by atoms with Gasteiger partial charge >= 0.3 is 0 Å². The highest BCUT2D eigenvalue weighted by Crippen LogP contribution is 2.29. The van der Waals surface area contributed by atoms with Crippen LogP contribution in [-0.4, -0.2) is 26.8 Å². The molecule has 1 amide bonds. The van der Waals surface area contributed by atoms with Crippen molar-refractivity contribution in [3.8, 4) is 11.5 Å². The maximum absolute atomic E-state index is 12.2. The van der Waals surface area contributed by atoms with Gasteiger partial charge in [-0.2, -0.15) is 0 Å². The van der Waals surface area contributed by atoms with Gasteiger partial charge in [0.2, 0.25) is 5.91 Å². The smallest absolute Gasteiger partial charge is 0.277 e. The Hall–Kier alpha value is -2.77. The Morgan fingerprint density at radius 3 is 3.00 bits per heavy atom. The number of benzene rings is 2. The Bertz CT molecular complexity index is 1120. The van der Waals surface area contributed by atoms with Crippen molar-refractivity contribution in [3.63, 3.8) is 0 Å². The van der Waals surface area contributed by atoms with Gasteiger partial charge in [-0.25, -0.2) is 0 Å². The molecule has 0 unspecified atom stereocenters. The lowest BCUT2D eigenvalue weighted by molar-refractivity contribution is -0.113. The molecule has 0 bridgehead atoms. The van der Waals surface area contributed by atoms with Crippen molar-refractivity contribution in [2.75, 3.05) is 11.1 Å². The number of rotatable bonds is 5. The summed E-state index contributed by atoms with van der Waals surface area (Å²) in [7, 11) is 0. The average molecular weight is 399 g/mol. The minimum Gasteiger partial charge on any atom is -0.411 e. The summed E-state index contributed by atoms with van der Waals surface area (Å²) in [5.74, 6) is 0.403. The van der Waals surface area contributed by atoms with E-state index in [4.69, 9.17) is 16.0 Å². The molecule has 0 saturated heterocycles. The number of hydrogen-bond acceptors (Lipinski definition) is 5. The summed E-state index contributed by atoms with van der Waals surface area (Å²) in [6.07, 6.45) is 1.83. The summed E-state index contributed by atoms with van der Waals surface area (Å²) >= 11 is 7.16. The maximum atomic E-state index is 12.2. The second kappa shape index (κ2) is 7.46. The van der Waals surface area contributed by atoms with Gasteiger partial charge in [0.1, 0.15) is 0 Å². The van der Waals surface area contributed by atoms with Crippen LogP contribution in [0.15, 0.2) is 58.3 Å². The number of carbonyl (C=O) groups is 1. The van der Waals surface area contributed by atoms with E-state index in [-0.39, 0.29) is 11.7 Å². The second-order valence-corrected chi connectivity index (χ2v) is 7.28. The fraction of sp³-hybridized carbons (Fsp3) is 0.105. The standard InChI is InChI=1S/C19H15ClN4O2S/c1-11-6-7-12(20)8-16(11)22-17(25)10-27-19-24-23-18(26-19)14-9-21-15-5-3-2-4-13(14)15/h2-9,21H,10H2,1H3,(H,22,25). The first kappa shape index (κ1) is 17.6. The van der Waals surface area contributed by atoms with Crippen LogP contribution in [0.3, 0.4) is 0 Å². The Morgan fingerprint density at radius 2 is 2.11 bits per heavy atom. The molecule has 0 saturated carbocycles. The first-order chi connectivity index (χ1) is 13.1. The number of aromatic nitrogens is 3. The van der Waals surface area contributed by atoms with Crippen molar-refractivity contribution >= 4 is 45.9 Å². The van der Waals surface area contributed by atoms with Crippen molar-refractivity contribution < 1.29 is 9.21 Å². The number of nitrogens with one attached hydrogen (secondary N) is 2. The van der Waals surface area contributed by atoms with E-state index in [9.17, 15) is 4.79 Å². The number of amides is 1. The predicted molar refractivity (Wildman–Crippen MR) is 107 cm³/mol. The van der Waals surface area contributed by atoms with E-state index in [0.717, 1.165) is 22.0 Å². The highest BCUT2D eigenvalue weighted by Gasteiger charge is 2.15. The average Bonchev–Trinajstić information content (AvgIpc) is 3.29. The van der Waals surface area contributed by atoms with Crippen LogP contribution in [0.5, 0.6) is 0 Å². The molecule has 0 aliphatic rings. The topological polar surface area (TPSA) is 83.8 Å². The van der Waals surface area contributed by atoms with Crippen molar-refractivity contribution in [3.05, 3.63) is 59.2 Å². The van der Waals surface area contributed by atoms with Gasteiger partial charge < -0.3 is 14.7 Å². The van der Waals surface area contributed by atoms with E-state index in [2.05, 4.69) is 20.5 Å². The monoisotopic (exact) mass is 398 g/mol. The summed E-state index contributed by atoms with van der Waals surface area (Å²) < 4.78 is 5.70. The van der Waals surface area contributed by atoms with Gasteiger partial charge in [-0.1, -0.05) is 47.6 Å². The van der Waals surface area contributed by atoms with E-state index in [1.54, 1.807) is 12.1 Å². The Kier molecular flexibility index (Phi) is 4.87. The lowest BCUT2D eigenvalue weighted by Gasteiger charge is -2.07. The predicted octanol–water partition coefficient (Wildman–Crippen LogP) is 4.91. The third-order valence-corrected chi connectivity index (χ3v) is 5.08. The summed E-state index contributed by atoms with van der Waals surface area (Å²) in [4.78, 5) is 15.4. The number of halogens is 1. The van der Waals surface area contributed by atoms with Gasteiger partial charge in [0, 0.05) is 27.8 Å². The quantitative estimate of drug-likeness (QED) is 0.466. The molecule has 0 aliphatic heterocycles. The number of thioether (sulfide) groups is 1. The van der Waals surface area contributed by atoms with Crippen LogP contribution in [0, 0.1) is 6.92 Å². The number of para-hydroxylation sites is 1. The Labute approximate surface area is 164 Å². The number of aryl methyl sites for hydroxylation is 1. The van der Waals surface area contributed by atoms with Crippen LogP contribution in [0.1, 0.15) is 5.56 Å².